The van der Waals surface area contributed by atoms with E-state index in [1.54, 1.807) is 6.08 Å². The molecule has 2 saturated carbocycles. The van der Waals surface area contributed by atoms with Crippen molar-refractivity contribution in [3.05, 3.63) is 34.6 Å². The molecule has 13 nitrogen and oxygen atoms in total. The molecular formula is C38H49NO12. The fourth-order valence-corrected chi connectivity index (χ4v) is 12.7. The maximum absolute atomic E-state index is 14.9. The van der Waals surface area contributed by atoms with Crippen molar-refractivity contribution in [2.24, 2.45) is 52.3 Å². The SMILES string of the molecule is C[C@@H]1CN2C[C@H]3CCC4=C5[C@H](CC4)[C@H](C(=O)OC[C@H]4O[C@@H](O[C@H]6OC=C(C(=O)O)[C@H]7CC=C(CO)[C@@H]67)[C@H](O)[C@@H](O)[C@@H]4O)C[C@@]54C(=O)[C@@H]1C[C@H]2[C@@]34C. The Balaban J connectivity index is 0.939. The molecule has 0 aromatic rings. The van der Waals surface area contributed by atoms with E-state index in [4.69, 9.17) is 18.9 Å². The van der Waals surface area contributed by atoms with Crippen LogP contribution in [0, 0.1) is 52.3 Å². The zero-order valence-corrected chi connectivity index (χ0v) is 29.1. The summed E-state index contributed by atoms with van der Waals surface area (Å²) in [6.07, 6.45) is -0.714. The molecule has 4 aliphatic heterocycles. The monoisotopic (exact) mass is 711 g/mol. The van der Waals surface area contributed by atoms with Crippen LogP contribution in [-0.2, 0) is 33.3 Å². The molecule has 0 aromatic heterocycles. The van der Waals surface area contributed by atoms with Gasteiger partial charge in [-0.1, -0.05) is 31.1 Å². The van der Waals surface area contributed by atoms with E-state index in [1.165, 1.54) is 11.1 Å². The lowest BCUT2D eigenvalue weighted by Gasteiger charge is -2.59. The first-order valence-electron chi connectivity index (χ1n) is 18.8. The molecule has 1 spiro atoms. The highest BCUT2D eigenvalue weighted by Crippen LogP contribution is 2.75. The molecule has 4 heterocycles. The Morgan fingerprint density at radius 1 is 1.04 bits per heavy atom. The third-order valence-electron chi connectivity index (χ3n) is 15.2. The first-order chi connectivity index (χ1) is 24.4. The van der Waals surface area contributed by atoms with Gasteiger partial charge in [0.2, 0.25) is 6.29 Å². The predicted octanol–water partition coefficient (Wildman–Crippen LogP) is 1.29. The second-order valence-electron chi connectivity index (χ2n) is 17.0. The molecule has 13 heteroatoms. The van der Waals surface area contributed by atoms with Crippen molar-refractivity contribution in [1.29, 1.82) is 0 Å². The summed E-state index contributed by atoms with van der Waals surface area (Å²) in [6.45, 7) is 5.73. The molecule has 3 saturated heterocycles. The minimum absolute atomic E-state index is 0.0145. The number of allylic oxidation sites excluding steroid dienone is 3. The maximum Gasteiger partial charge on any atom is 0.335 e. The predicted molar refractivity (Wildman–Crippen MR) is 175 cm³/mol. The van der Waals surface area contributed by atoms with Gasteiger partial charge >= 0.3 is 11.9 Å². The third-order valence-corrected chi connectivity index (χ3v) is 15.2. The molecule has 0 amide bonds. The summed E-state index contributed by atoms with van der Waals surface area (Å²) in [4.78, 5) is 43.5. The van der Waals surface area contributed by atoms with Crippen LogP contribution in [0.1, 0.15) is 58.8 Å². The average Bonchev–Trinajstić information content (AvgIpc) is 3.86. The number of piperidine rings is 1. The number of nitrogens with zero attached hydrogens (tertiary/aromatic N) is 1. The van der Waals surface area contributed by atoms with Crippen LogP contribution >= 0.6 is 0 Å². The summed E-state index contributed by atoms with van der Waals surface area (Å²) in [6, 6.07) is 0.322. The van der Waals surface area contributed by atoms with Crippen molar-refractivity contribution in [3.8, 4) is 0 Å². The van der Waals surface area contributed by atoms with Crippen LogP contribution in [0.4, 0.5) is 0 Å². The van der Waals surface area contributed by atoms with Gasteiger partial charge in [-0.15, -0.1) is 0 Å². The van der Waals surface area contributed by atoms with E-state index in [9.17, 15) is 39.9 Å². The molecule has 51 heavy (non-hydrogen) atoms. The van der Waals surface area contributed by atoms with Gasteiger partial charge in [-0.05, 0) is 68.3 Å². The summed E-state index contributed by atoms with van der Waals surface area (Å²) in [5.41, 5.74) is 2.24. The lowest BCUT2D eigenvalue weighted by Crippen LogP contribution is -2.64. The Hall–Kier alpha value is -2.65. The van der Waals surface area contributed by atoms with E-state index in [0.717, 1.165) is 51.5 Å². The number of ketones is 1. The zero-order chi connectivity index (χ0) is 35.7. The number of hydrogen-bond acceptors (Lipinski definition) is 12. The van der Waals surface area contributed by atoms with Crippen molar-refractivity contribution in [3.63, 3.8) is 0 Å². The largest absolute Gasteiger partial charge is 0.478 e. The Bertz CT molecular complexity index is 1620. The normalized spacial score (nSPS) is 49.5. The fourth-order valence-electron chi connectivity index (χ4n) is 12.7. The molecule has 5 aliphatic carbocycles. The average molecular weight is 712 g/mol. The number of aliphatic hydroxyl groups is 4. The van der Waals surface area contributed by atoms with Gasteiger partial charge in [0.1, 0.15) is 36.8 Å². The van der Waals surface area contributed by atoms with Crippen LogP contribution in [-0.4, -0.2) is 117 Å². The van der Waals surface area contributed by atoms with Gasteiger partial charge in [-0.25, -0.2) is 4.79 Å². The molecule has 278 valence electrons. The Morgan fingerprint density at radius 3 is 2.59 bits per heavy atom. The van der Waals surface area contributed by atoms with Crippen LogP contribution in [0.3, 0.4) is 0 Å². The smallest absolute Gasteiger partial charge is 0.335 e. The van der Waals surface area contributed by atoms with Crippen LogP contribution in [0.2, 0.25) is 0 Å². The lowest BCUT2D eigenvalue weighted by atomic mass is 9.45. The van der Waals surface area contributed by atoms with Gasteiger partial charge < -0.3 is 44.5 Å². The molecule has 9 rings (SSSR count). The molecule has 5 fully saturated rings. The number of rotatable bonds is 7. The van der Waals surface area contributed by atoms with E-state index in [2.05, 4.69) is 18.7 Å². The highest BCUT2D eigenvalue weighted by atomic mass is 16.8. The summed E-state index contributed by atoms with van der Waals surface area (Å²) in [5, 5.41) is 52.2. The molecule has 0 unspecified atom stereocenters. The zero-order valence-electron chi connectivity index (χ0n) is 29.1. The second kappa shape index (κ2) is 11.9. The van der Waals surface area contributed by atoms with Gasteiger partial charge in [0.15, 0.2) is 6.29 Å². The number of fused-ring (bicyclic) bond motifs is 2. The summed E-state index contributed by atoms with van der Waals surface area (Å²) in [7, 11) is 0. The first-order valence-corrected chi connectivity index (χ1v) is 18.8. The number of ether oxygens (including phenoxy) is 4. The van der Waals surface area contributed by atoms with Gasteiger partial charge in [0.05, 0.1) is 35.7 Å². The second-order valence-corrected chi connectivity index (χ2v) is 17.0. The standard InChI is InChI=1S/C38H49NO12/c1-16-11-39-12-19-6-3-17-4-8-21-23(10-38(28(17)21)32(44)22(16)9-26(39)37(19,38)2)34(47)48-15-25-29(41)30(42)31(43)36(50-25)51-35-27-18(13-40)5-7-20(27)24(14-49-35)33(45)46/h5,14,16,19-23,25-27,29-31,35-36,40-43H,3-4,6-13,15H2,1-2H3,(H,45,46)/t16-,19-,20-,21-,22-,23-,25-,26+,27-,29-,30+,31-,35-,36+,37-,38+/m1/s1. The summed E-state index contributed by atoms with van der Waals surface area (Å²) >= 11 is 0. The summed E-state index contributed by atoms with van der Waals surface area (Å²) < 4.78 is 23.5. The van der Waals surface area contributed by atoms with Crippen molar-refractivity contribution >= 4 is 17.7 Å². The topological polar surface area (TPSA) is 193 Å². The molecule has 9 aliphatic rings. The quantitative estimate of drug-likeness (QED) is 0.188. The molecule has 0 aromatic carbocycles. The van der Waals surface area contributed by atoms with E-state index in [-0.39, 0.29) is 35.3 Å². The van der Waals surface area contributed by atoms with Crippen LogP contribution in [0.25, 0.3) is 0 Å². The minimum atomic E-state index is -1.71. The Labute approximate surface area is 296 Å². The number of carboxylic acids is 1. The maximum atomic E-state index is 14.9. The lowest BCUT2D eigenvalue weighted by molar-refractivity contribution is -0.340. The van der Waals surface area contributed by atoms with E-state index in [0.29, 0.717) is 36.2 Å². The fraction of sp³-hybridized carbons (Fsp3) is 0.763. The number of aliphatic carboxylic acids is 1. The van der Waals surface area contributed by atoms with E-state index < -0.39 is 78.7 Å². The highest BCUT2D eigenvalue weighted by molar-refractivity contribution is 5.95. The van der Waals surface area contributed by atoms with Gasteiger partial charge in [0.25, 0.3) is 0 Å². The number of carbonyl (C=O) groups is 3. The van der Waals surface area contributed by atoms with Gasteiger partial charge in [-0.2, -0.15) is 0 Å². The molecule has 5 N–H and O–H groups in total. The van der Waals surface area contributed by atoms with Crippen LogP contribution in [0.5, 0.6) is 0 Å². The van der Waals surface area contributed by atoms with Gasteiger partial charge in [0, 0.05) is 36.4 Å². The van der Waals surface area contributed by atoms with Crippen molar-refractivity contribution in [2.45, 2.75) is 102 Å². The minimum Gasteiger partial charge on any atom is -0.478 e. The number of esters is 1. The summed E-state index contributed by atoms with van der Waals surface area (Å²) in [5.74, 6) is -2.44. The van der Waals surface area contributed by atoms with Crippen LogP contribution in [0.15, 0.2) is 34.6 Å². The van der Waals surface area contributed by atoms with Crippen molar-refractivity contribution in [1.82, 2.24) is 4.90 Å². The first kappa shape index (κ1) is 34.1. The Kier molecular flexibility index (Phi) is 7.98. The molecule has 16 atom stereocenters. The number of carbonyl (C=O) groups excluding carboxylic acids is 2. The van der Waals surface area contributed by atoms with E-state index >= 15 is 0 Å². The number of aliphatic hydroxyl groups excluding tert-OH is 4. The van der Waals surface area contributed by atoms with Gasteiger partial charge in [-0.3, -0.25) is 14.5 Å². The van der Waals surface area contributed by atoms with Crippen LogP contribution < -0.4 is 0 Å². The number of Topliss-reactive ketones (excluding diaryl/α,β-unsaturated/α-hetero) is 1. The third kappa shape index (κ3) is 4.55. The Morgan fingerprint density at radius 2 is 1.82 bits per heavy atom. The molecule has 2 bridgehead atoms. The molecule has 0 radical (unpaired) electrons. The molecular weight excluding hydrogens is 662 g/mol. The number of carboxylic acid groups (broad SMARTS) is 1. The van der Waals surface area contributed by atoms with Crippen molar-refractivity contribution in [2.75, 3.05) is 26.3 Å². The highest BCUT2D eigenvalue weighted by Gasteiger charge is 2.76. The van der Waals surface area contributed by atoms with E-state index in [1.807, 2.05) is 0 Å². The number of hydrogen-bond donors (Lipinski definition) is 5. The van der Waals surface area contributed by atoms with Crippen molar-refractivity contribution < 1.29 is 58.9 Å².